The van der Waals surface area contributed by atoms with Crippen LogP contribution in [0.4, 0.5) is 16.3 Å². The minimum atomic E-state index is -0.632. The van der Waals surface area contributed by atoms with Crippen LogP contribution in [0.15, 0.2) is 29.7 Å². The van der Waals surface area contributed by atoms with Crippen molar-refractivity contribution in [3.8, 4) is 11.6 Å². The van der Waals surface area contributed by atoms with E-state index in [1.165, 1.54) is 32.8 Å². The molecule has 0 atom stereocenters. The molecule has 0 aliphatic heterocycles. The van der Waals surface area contributed by atoms with Gasteiger partial charge in [-0.25, -0.2) is 14.8 Å². The van der Waals surface area contributed by atoms with Crippen molar-refractivity contribution in [3.05, 3.63) is 35.1 Å². The molecule has 3 N–H and O–H groups in total. The van der Waals surface area contributed by atoms with Crippen molar-refractivity contribution in [2.24, 2.45) is 5.16 Å². The van der Waals surface area contributed by atoms with E-state index in [2.05, 4.69) is 30.0 Å². The van der Waals surface area contributed by atoms with Crippen molar-refractivity contribution >= 4 is 35.4 Å². The van der Waals surface area contributed by atoms with E-state index in [-0.39, 0.29) is 16.7 Å². The summed E-state index contributed by atoms with van der Waals surface area (Å²) in [5, 5.41) is 6.35. The molecule has 126 valence electrons. The number of rotatable bonds is 5. The van der Waals surface area contributed by atoms with Crippen LogP contribution in [-0.2, 0) is 9.57 Å². The molecule has 0 fully saturated rings. The van der Waals surface area contributed by atoms with Crippen LogP contribution in [-0.4, -0.2) is 36.5 Å². The minimum Gasteiger partial charge on any atom is -0.453 e. The molecule has 24 heavy (non-hydrogen) atoms. The second-order valence-electron chi connectivity index (χ2n) is 4.26. The third kappa shape index (κ3) is 4.23. The number of carbonyl (C=O) groups is 1. The molecule has 2 aromatic rings. The fraction of sp³-hybridized carbons (Fsp3) is 0.143. The summed E-state index contributed by atoms with van der Waals surface area (Å²) in [5.41, 5.74) is 6.50. The van der Waals surface area contributed by atoms with Gasteiger partial charge in [0, 0.05) is 6.07 Å². The molecule has 0 saturated carbocycles. The third-order valence-electron chi connectivity index (χ3n) is 2.74. The molecule has 1 amide bonds. The van der Waals surface area contributed by atoms with Crippen LogP contribution >= 0.6 is 11.6 Å². The monoisotopic (exact) mass is 351 g/mol. The third-order valence-corrected chi connectivity index (χ3v) is 3.06. The average Bonchev–Trinajstić information content (AvgIpc) is 2.56. The van der Waals surface area contributed by atoms with E-state index < -0.39 is 6.09 Å². The van der Waals surface area contributed by atoms with E-state index in [0.717, 1.165) is 0 Å². The van der Waals surface area contributed by atoms with E-state index in [4.69, 9.17) is 22.1 Å². The predicted octanol–water partition coefficient (Wildman–Crippen LogP) is 2.66. The Morgan fingerprint density at radius 1 is 1.38 bits per heavy atom. The number of ether oxygens (including phenoxy) is 2. The van der Waals surface area contributed by atoms with Gasteiger partial charge in [-0.15, -0.1) is 0 Å². The van der Waals surface area contributed by atoms with Crippen molar-refractivity contribution in [1.82, 2.24) is 9.97 Å². The van der Waals surface area contributed by atoms with Crippen LogP contribution in [0.5, 0.6) is 11.6 Å². The first-order chi connectivity index (χ1) is 11.5. The lowest BCUT2D eigenvalue weighted by molar-refractivity contribution is 0.187. The lowest BCUT2D eigenvalue weighted by Crippen LogP contribution is -2.11. The molecular weight excluding hydrogens is 338 g/mol. The molecule has 0 spiro atoms. The van der Waals surface area contributed by atoms with E-state index in [9.17, 15) is 4.79 Å². The second-order valence-corrected chi connectivity index (χ2v) is 4.66. The molecule has 0 aliphatic rings. The number of nitrogens with zero attached hydrogens (tertiary/aromatic N) is 3. The highest BCUT2D eigenvalue weighted by Gasteiger charge is 2.12. The summed E-state index contributed by atoms with van der Waals surface area (Å²) in [6.07, 6.45) is 1.95. The van der Waals surface area contributed by atoms with Crippen LogP contribution in [0.3, 0.4) is 0 Å². The van der Waals surface area contributed by atoms with Gasteiger partial charge in [0.15, 0.2) is 0 Å². The summed E-state index contributed by atoms with van der Waals surface area (Å²) in [7, 11) is 2.65. The molecule has 2 rings (SSSR count). The maximum atomic E-state index is 11.2. The zero-order valence-electron chi connectivity index (χ0n) is 12.8. The molecular formula is C14H14ClN5O4. The summed E-state index contributed by atoms with van der Waals surface area (Å²) in [6.45, 7) is 0. The van der Waals surface area contributed by atoms with Crippen LogP contribution in [0.2, 0.25) is 5.02 Å². The fourth-order valence-corrected chi connectivity index (χ4v) is 1.85. The molecule has 0 aliphatic carbocycles. The van der Waals surface area contributed by atoms with Crippen molar-refractivity contribution in [2.45, 2.75) is 0 Å². The number of nitrogens with two attached hydrogens (primary N) is 1. The van der Waals surface area contributed by atoms with Gasteiger partial charge in [-0.1, -0.05) is 16.8 Å². The molecule has 0 bridgehead atoms. The molecule has 0 radical (unpaired) electrons. The number of benzene rings is 1. The Morgan fingerprint density at radius 2 is 2.17 bits per heavy atom. The number of halogens is 1. The smallest absolute Gasteiger partial charge is 0.411 e. The molecule has 9 nitrogen and oxygen atoms in total. The lowest BCUT2D eigenvalue weighted by atomic mass is 10.3. The van der Waals surface area contributed by atoms with Gasteiger partial charge < -0.3 is 20.0 Å². The quantitative estimate of drug-likeness (QED) is 0.627. The molecule has 1 aromatic heterocycles. The normalized spacial score (nSPS) is 10.5. The minimum absolute atomic E-state index is 0.174. The van der Waals surface area contributed by atoms with Crippen molar-refractivity contribution in [3.63, 3.8) is 0 Å². The zero-order valence-corrected chi connectivity index (χ0v) is 13.6. The Morgan fingerprint density at radius 3 is 2.83 bits per heavy atom. The maximum absolute atomic E-state index is 11.2. The van der Waals surface area contributed by atoms with Gasteiger partial charge in [0.25, 0.3) is 0 Å². The number of methoxy groups -OCH3 is 1. The largest absolute Gasteiger partial charge is 0.453 e. The van der Waals surface area contributed by atoms with Gasteiger partial charge in [-0.3, -0.25) is 5.32 Å². The molecule has 0 saturated heterocycles. The standard InChI is InChI=1S/C14H14ClN5O4/c1-22-14(21)20-11-4-3-8(5-10(11)15)24-13-9(6-19-23-2)12(16)17-7-18-13/h3-7H,1-2H3,(H,20,21)(H2,16,17,18)/b19-6+. The van der Waals surface area contributed by atoms with E-state index >= 15 is 0 Å². The highest BCUT2D eigenvalue weighted by atomic mass is 35.5. The molecule has 1 aromatic carbocycles. The number of nitrogens with one attached hydrogen (secondary N) is 1. The average molecular weight is 352 g/mol. The van der Waals surface area contributed by atoms with Crippen LogP contribution in [0.1, 0.15) is 5.56 Å². The number of hydrogen-bond donors (Lipinski definition) is 2. The first kappa shape index (κ1) is 17.3. The van der Waals surface area contributed by atoms with Crippen molar-refractivity contribution in [1.29, 1.82) is 0 Å². The van der Waals surface area contributed by atoms with Gasteiger partial charge in [-0.05, 0) is 12.1 Å². The van der Waals surface area contributed by atoms with Gasteiger partial charge >= 0.3 is 6.09 Å². The Hall–Kier alpha value is -3.07. The number of oxime groups is 1. The Bertz CT molecular complexity index is 769. The fourth-order valence-electron chi connectivity index (χ4n) is 1.63. The molecule has 1 heterocycles. The Kier molecular flexibility index (Phi) is 5.74. The number of amides is 1. The first-order valence-electron chi connectivity index (χ1n) is 6.54. The number of hydrogen-bond acceptors (Lipinski definition) is 8. The topological polar surface area (TPSA) is 121 Å². The van der Waals surface area contributed by atoms with E-state index in [1.54, 1.807) is 12.1 Å². The summed E-state index contributed by atoms with van der Waals surface area (Å²) in [5.74, 6) is 0.726. The SMILES string of the molecule is CO/N=C/c1c(N)ncnc1Oc1ccc(NC(=O)OC)c(Cl)c1. The van der Waals surface area contributed by atoms with Crippen molar-refractivity contribution < 1.29 is 19.1 Å². The Labute approximate surface area is 142 Å². The second kappa shape index (κ2) is 7.97. The number of anilines is 2. The van der Waals surface area contributed by atoms with Crippen molar-refractivity contribution in [2.75, 3.05) is 25.3 Å². The molecule has 0 unspecified atom stereocenters. The lowest BCUT2D eigenvalue weighted by Gasteiger charge is -2.10. The summed E-state index contributed by atoms with van der Waals surface area (Å²) < 4.78 is 10.2. The number of aromatic nitrogens is 2. The van der Waals surface area contributed by atoms with E-state index in [1.807, 2.05) is 0 Å². The maximum Gasteiger partial charge on any atom is 0.411 e. The van der Waals surface area contributed by atoms with Crippen LogP contribution in [0, 0.1) is 0 Å². The van der Waals surface area contributed by atoms with Gasteiger partial charge in [0.2, 0.25) is 5.88 Å². The Balaban J connectivity index is 2.26. The van der Waals surface area contributed by atoms with Gasteiger partial charge in [0.1, 0.15) is 30.6 Å². The van der Waals surface area contributed by atoms with Gasteiger partial charge in [-0.2, -0.15) is 0 Å². The summed E-state index contributed by atoms with van der Waals surface area (Å²) in [6, 6.07) is 4.65. The molecule has 10 heteroatoms. The van der Waals surface area contributed by atoms with E-state index in [0.29, 0.717) is 17.0 Å². The van der Waals surface area contributed by atoms with Crippen LogP contribution in [0.25, 0.3) is 0 Å². The number of nitrogen functional groups attached to an aromatic ring is 1. The summed E-state index contributed by atoms with van der Waals surface area (Å²) >= 11 is 6.10. The zero-order chi connectivity index (χ0) is 17.5. The van der Waals surface area contributed by atoms with Crippen LogP contribution < -0.4 is 15.8 Å². The number of carbonyl (C=O) groups excluding carboxylic acids is 1. The first-order valence-corrected chi connectivity index (χ1v) is 6.92. The predicted molar refractivity (Wildman–Crippen MR) is 88.6 cm³/mol. The summed E-state index contributed by atoms with van der Waals surface area (Å²) in [4.78, 5) is 23.7. The van der Waals surface area contributed by atoms with Gasteiger partial charge in [0.05, 0.1) is 24.0 Å². The highest BCUT2D eigenvalue weighted by Crippen LogP contribution is 2.30. The highest BCUT2D eigenvalue weighted by molar-refractivity contribution is 6.33.